The Kier molecular flexibility index (Phi) is 3.51. The predicted molar refractivity (Wildman–Crippen MR) is 73.3 cm³/mol. The summed E-state index contributed by atoms with van der Waals surface area (Å²) in [4.78, 5) is 12.0. The summed E-state index contributed by atoms with van der Waals surface area (Å²) in [5.41, 5.74) is -0.131. The molecule has 0 saturated carbocycles. The van der Waals surface area contributed by atoms with Crippen LogP contribution in [-0.2, 0) is 9.84 Å². The van der Waals surface area contributed by atoms with Crippen LogP contribution in [0.3, 0.4) is 0 Å². The van der Waals surface area contributed by atoms with Gasteiger partial charge in [-0.25, -0.2) is 8.42 Å². The van der Waals surface area contributed by atoms with Crippen LogP contribution in [0, 0.1) is 0 Å². The highest BCUT2D eigenvalue weighted by atomic mass is 79.9. The van der Waals surface area contributed by atoms with E-state index in [9.17, 15) is 13.2 Å². The molecule has 1 heterocycles. The van der Waals surface area contributed by atoms with Crippen molar-refractivity contribution in [2.45, 2.75) is 18.9 Å². The minimum Gasteiger partial charge on any atom is -0.346 e. The third-order valence-corrected chi connectivity index (χ3v) is 5.40. The smallest absolute Gasteiger partial charge is 0.251 e. The Bertz CT molecular complexity index is 585. The van der Waals surface area contributed by atoms with Crippen molar-refractivity contribution in [3.05, 3.63) is 34.3 Å². The quantitative estimate of drug-likeness (QED) is 0.898. The van der Waals surface area contributed by atoms with E-state index in [2.05, 4.69) is 21.2 Å². The van der Waals surface area contributed by atoms with Crippen LogP contribution in [-0.4, -0.2) is 31.4 Å². The average Bonchev–Trinajstić information content (AvgIpc) is 2.52. The van der Waals surface area contributed by atoms with E-state index >= 15 is 0 Å². The lowest BCUT2D eigenvalue weighted by atomic mass is 10.0. The van der Waals surface area contributed by atoms with E-state index in [-0.39, 0.29) is 17.4 Å². The number of rotatable bonds is 2. The van der Waals surface area contributed by atoms with E-state index in [1.54, 1.807) is 25.1 Å². The molecule has 1 aliphatic rings. The number of hydrogen-bond acceptors (Lipinski definition) is 3. The van der Waals surface area contributed by atoms with Crippen molar-refractivity contribution in [1.82, 2.24) is 5.32 Å². The molecule has 0 aliphatic carbocycles. The molecule has 0 aromatic heterocycles. The fourth-order valence-corrected chi connectivity index (χ4v) is 4.58. The molecule has 1 fully saturated rings. The largest absolute Gasteiger partial charge is 0.346 e. The molecule has 1 atom stereocenters. The molecule has 1 amide bonds. The molecule has 1 N–H and O–H groups in total. The Morgan fingerprint density at radius 1 is 1.44 bits per heavy atom. The van der Waals surface area contributed by atoms with Crippen molar-refractivity contribution in [2.75, 3.05) is 11.5 Å². The maximum Gasteiger partial charge on any atom is 0.251 e. The second kappa shape index (κ2) is 4.66. The lowest BCUT2D eigenvalue weighted by Gasteiger charge is -2.23. The Hall–Kier alpha value is -0.880. The topological polar surface area (TPSA) is 63.2 Å². The highest BCUT2D eigenvalue weighted by molar-refractivity contribution is 9.10. The Balaban J connectivity index is 2.13. The molecule has 0 radical (unpaired) electrons. The van der Waals surface area contributed by atoms with E-state index in [0.717, 1.165) is 4.47 Å². The van der Waals surface area contributed by atoms with E-state index in [4.69, 9.17) is 0 Å². The van der Waals surface area contributed by atoms with Crippen molar-refractivity contribution >= 4 is 31.7 Å². The maximum atomic E-state index is 12.0. The Morgan fingerprint density at radius 3 is 2.72 bits per heavy atom. The number of carbonyl (C=O) groups is 1. The van der Waals surface area contributed by atoms with Crippen LogP contribution < -0.4 is 5.32 Å². The Morgan fingerprint density at radius 2 is 2.17 bits per heavy atom. The highest BCUT2D eigenvalue weighted by Gasteiger charge is 2.39. The van der Waals surface area contributed by atoms with Crippen LogP contribution in [0.5, 0.6) is 0 Å². The summed E-state index contributed by atoms with van der Waals surface area (Å²) in [6, 6.07) is 7.01. The van der Waals surface area contributed by atoms with Gasteiger partial charge in [-0.05, 0) is 31.5 Å². The van der Waals surface area contributed by atoms with Gasteiger partial charge in [0.1, 0.15) is 0 Å². The van der Waals surface area contributed by atoms with Gasteiger partial charge in [-0.1, -0.05) is 22.0 Å². The van der Waals surface area contributed by atoms with Crippen LogP contribution >= 0.6 is 15.9 Å². The molecule has 0 bridgehead atoms. The third kappa shape index (κ3) is 3.11. The summed E-state index contributed by atoms with van der Waals surface area (Å²) < 4.78 is 23.7. The first-order valence-electron chi connectivity index (χ1n) is 5.58. The van der Waals surface area contributed by atoms with Gasteiger partial charge in [0.15, 0.2) is 9.84 Å². The molecule has 6 heteroatoms. The zero-order valence-electron chi connectivity index (χ0n) is 9.94. The summed E-state index contributed by atoms with van der Waals surface area (Å²) in [6.45, 7) is 1.77. The fraction of sp³-hybridized carbons (Fsp3) is 0.417. The van der Waals surface area contributed by atoms with Crippen molar-refractivity contribution in [3.63, 3.8) is 0 Å². The lowest BCUT2D eigenvalue weighted by Crippen LogP contribution is -2.46. The van der Waals surface area contributed by atoms with Gasteiger partial charge in [0.2, 0.25) is 0 Å². The van der Waals surface area contributed by atoms with Gasteiger partial charge in [0.25, 0.3) is 5.91 Å². The fourth-order valence-electron chi connectivity index (χ4n) is 2.09. The third-order valence-electron chi connectivity index (χ3n) is 3.01. The summed E-state index contributed by atoms with van der Waals surface area (Å²) in [6.07, 6.45) is 0.467. The molecular formula is C12H14BrNO3S. The number of sulfone groups is 1. The van der Waals surface area contributed by atoms with Crippen molar-refractivity contribution in [3.8, 4) is 0 Å². The normalized spacial score (nSPS) is 25.9. The molecule has 1 aromatic rings. The van der Waals surface area contributed by atoms with E-state index < -0.39 is 15.4 Å². The van der Waals surface area contributed by atoms with Gasteiger partial charge in [0, 0.05) is 10.0 Å². The second-order valence-corrected chi connectivity index (χ2v) is 7.97. The van der Waals surface area contributed by atoms with E-state index in [0.29, 0.717) is 12.0 Å². The molecule has 1 aromatic carbocycles. The number of hydrogen-bond donors (Lipinski definition) is 1. The van der Waals surface area contributed by atoms with Gasteiger partial charge in [-0.15, -0.1) is 0 Å². The zero-order valence-corrected chi connectivity index (χ0v) is 12.3. The summed E-state index contributed by atoms with van der Waals surface area (Å²) in [7, 11) is -3.01. The van der Waals surface area contributed by atoms with Gasteiger partial charge < -0.3 is 5.32 Å². The minimum absolute atomic E-state index is 0.0136. The second-order valence-electron chi connectivity index (χ2n) is 4.87. The molecule has 1 unspecified atom stereocenters. The van der Waals surface area contributed by atoms with Crippen LogP contribution in [0.1, 0.15) is 23.7 Å². The highest BCUT2D eigenvalue weighted by Crippen LogP contribution is 2.23. The van der Waals surface area contributed by atoms with Crippen molar-refractivity contribution < 1.29 is 13.2 Å². The van der Waals surface area contributed by atoms with Gasteiger partial charge >= 0.3 is 0 Å². The van der Waals surface area contributed by atoms with Crippen molar-refractivity contribution in [2.24, 2.45) is 0 Å². The van der Waals surface area contributed by atoms with Crippen molar-refractivity contribution in [1.29, 1.82) is 0 Å². The van der Waals surface area contributed by atoms with Gasteiger partial charge in [-0.2, -0.15) is 0 Å². The molecule has 1 aliphatic heterocycles. The van der Waals surface area contributed by atoms with Crippen LogP contribution in [0.15, 0.2) is 28.7 Å². The number of amides is 1. The number of nitrogens with one attached hydrogen (secondary N) is 1. The lowest BCUT2D eigenvalue weighted by molar-refractivity contribution is 0.0915. The SMILES string of the molecule is CC1(NC(=O)c2cccc(Br)c2)CCS(=O)(=O)C1. The van der Waals surface area contributed by atoms with Gasteiger partial charge in [-0.3, -0.25) is 4.79 Å². The number of carbonyl (C=O) groups excluding carboxylic acids is 1. The van der Waals surface area contributed by atoms with Crippen LogP contribution in [0.4, 0.5) is 0 Å². The molecule has 4 nitrogen and oxygen atoms in total. The first-order chi connectivity index (χ1) is 8.30. The summed E-state index contributed by atoms with van der Waals surface area (Å²) in [5, 5.41) is 2.82. The van der Waals surface area contributed by atoms with E-state index in [1.807, 2.05) is 6.07 Å². The van der Waals surface area contributed by atoms with Crippen LogP contribution in [0.2, 0.25) is 0 Å². The van der Waals surface area contributed by atoms with Gasteiger partial charge in [0.05, 0.1) is 17.0 Å². The average molecular weight is 332 g/mol. The standard InChI is InChI=1S/C12H14BrNO3S/c1-12(5-6-18(16,17)8-12)14-11(15)9-3-2-4-10(13)7-9/h2-4,7H,5-6,8H2,1H3,(H,14,15). The first-order valence-corrected chi connectivity index (χ1v) is 8.20. The molecule has 18 heavy (non-hydrogen) atoms. The van der Waals surface area contributed by atoms with Crippen LogP contribution in [0.25, 0.3) is 0 Å². The first kappa shape index (κ1) is 13.5. The molecule has 2 rings (SSSR count). The molecule has 1 saturated heterocycles. The van der Waals surface area contributed by atoms with E-state index in [1.165, 1.54) is 0 Å². The molecule has 98 valence electrons. The summed E-state index contributed by atoms with van der Waals surface area (Å²) >= 11 is 3.30. The predicted octanol–water partition coefficient (Wildman–Crippen LogP) is 1.76. The Labute approximate surface area is 115 Å². The number of benzene rings is 1. The summed E-state index contributed by atoms with van der Waals surface area (Å²) in [5.74, 6) is -0.0851. The maximum absolute atomic E-state index is 12.0. The molecular weight excluding hydrogens is 318 g/mol. The monoisotopic (exact) mass is 331 g/mol. The zero-order chi connectivity index (χ0) is 13.4. The number of halogens is 1. The molecule has 0 spiro atoms. The minimum atomic E-state index is -3.01.